The summed E-state index contributed by atoms with van der Waals surface area (Å²) in [5, 5.41) is 17.8. The van der Waals surface area contributed by atoms with E-state index in [1.54, 1.807) is 6.08 Å². The molecule has 1 amide bonds. The Hall–Kier alpha value is -2.93. The summed E-state index contributed by atoms with van der Waals surface area (Å²) < 4.78 is 12.0. The fourth-order valence-corrected chi connectivity index (χ4v) is 4.74. The van der Waals surface area contributed by atoms with Crippen molar-refractivity contribution >= 4 is 5.91 Å². The molecule has 0 fully saturated rings. The number of hydrogen-bond acceptors (Lipinski definition) is 5. The van der Waals surface area contributed by atoms with Crippen LogP contribution in [0.5, 0.6) is 5.75 Å². The fourth-order valence-electron chi connectivity index (χ4n) is 4.74. The summed E-state index contributed by atoms with van der Waals surface area (Å²) in [5.41, 5.74) is 3.31. The minimum atomic E-state index is -0.768. The summed E-state index contributed by atoms with van der Waals surface area (Å²) in [6.07, 6.45) is 6.07. The fraction of sp³-hybridized carbons (Fsp3) is 0.452. The van der Waals surface area contributed by atoms with E-state index in [4.69, 9.17) is 9.47 Å². The first kappa shape index (κ1) is 28.6. The van der Waals surface area contributed by atoms with Gasteiger partial charge in [0.15, 0.2) is 0 Å². The van der Waals surface area contributed by atoms with Crippen LogP contribution < -0.4 is 15.4 Å². The third-order valence-electron chi connectivity index (χ3n) is 6.51. The third kappa shape index (κ3) is 8.85. The van der Waals surface area contributed by atoms with Crippen LogP contribution in [0.4, 0.5) is 0 Å². The molecule has 0 aromatic heterocycles. The molecule has 2 aromatic carbocycles. The van der Waals surface area contributed by atoms with Gasteiger partial charge in [-0.2, -0.15) is 0 Å². The molecule has 1 aliphatic rings. The van der Waals surface area contributed by atoms with E-state index >= 15 is 0 Å². The van der Waals surface area contributed by atoms with Gasteiger partial charge in [0.05, 0.1) is 31.0 Å². The first-order valence-corrected chi connectivity index (χ1v) is 13.3. The van der Waals surface area contributed by atoms with Crippen LogP contribution >= 0.6 is 0 Å². The lowest BCUT2D eigenvalue weighted by atomic mass is 10.00. The van der Waals surface area contributed by atoms with E-state index in [1.165, 1.54) is 0 Å². The van der Waals surface area contributed by atoms with Gasteiger partial charge < -0.3 is 25.2 Å². The van der Waals surface area contributed by atoms with E-state index in [9.17, 15) is 9.90 Å². The number of aliphatic hydroxyl groups is 1. The molecule has 0 saturated heterocycles. The van der Waals surface area contributed by atoms with E-state index < -0.39 is 12.1 Å². The molecule has 0 heterocycles. The van der Waals surface area contributed by atoms with Crippen LogP contribution in [0, 0.1) is 0 Å². The lowest BCUT2D eigenvalue weighted by Gasteiger charge is -2.26. The molecule has 3 N–H and O–H groups in total. The number of carbonyl (C=O) groups is 1. The van der Waals surface area contributed by atoms with E-state index in [0.717, 1.165) is 41.7 Å². The number of benzene rings is 2. The van der Waals surface area contributed by atoms with Crippen LogP contribution in [0.15, 0.2) is 73.8 Å². The summed E-state index contributed by atoms with van der Waals surface area (Å²) in [6, 6.07) is 15.6. The van der Waals surface area contributed by atoms with Gasteiger partial charge in [-0.3, -0.25) is 4.79 Å². The number of amides is 1. The lowest BCUT2D eigenvalue weighted by molar-refractivity contribution is -0.122. The van der Waals surface area contributed by atoms with Gasteiger partial charge in [0.25, 0.3) is 0 Å². The van der Waals surface area contributed by atoms with Gasteiger partial charge in [0, 0.05) is 19.0 Å². The van der Waals surface area contributed by atoms with Crippen molar-refractivity contribution in [3.63, 3.8) is 0 Å². The maximum atomic E-state index is 12.6. The molecular formula is C31H42N2O4. The van der Waals surface area contributed by atoms with Crippen LogP contribution in [-0.4, -0.2) is 42.4 Å². The number of fused-ring (bicyclic) bond motifs is 1. The summed E-state index contributed by atoms with van der Waals surface area (Å²) in [7, 11) is 0. The largest absolute Gasteiger partial charge is 0.491 e. The molecule has 0 bridgehead atoms. The van der Waals surface area contributed by atoms with Crippen molar-refractivity contribution in [1.82, 2.24) is 10.6 Å². The summed E-state index contributed by atoms with van der Waals surface area (Å²) in [6.45, 7) is 12.3. The van der Waals surface area contributed by atoms with Crippen molar-refractivity contribution in [2.45, 2.75) is 76.3 Å². The number of carbonyl (C=O) groups excluding carboxylic acids is 1. The van der Waals surface area contributed by atoms with Gasteiger partial charge in [-0.05, 0) is 68.4 Å². The second-order valence-corrected chi connectivity index (χ2v) is 9.88. The van der Waals surface area contributed by atoms with E-state index in [1.807, 2.05) is 56.3 Å². The average Bonchev–Trinajstić information content (AvgIpc) is 3.22. The number of allylic oxidation sites excluding steroid dienone is 1. The number of hydrogen-bond donors (Lipinski definition) is 3. The van der Waals surface area contributed by atoms with Crippen LogP contribution in [0.1, 0.15) is 68.4 Å². The lowest BCUT2D eigenvalue weighted by Crippen LogP contribution is -2.49. The molecule has 6 nitrogen and oxygen atoms in total. The van der Waals surface area contributed by atoms with Crippen molar-refractivity contribution in [3.05, 3.63) is 90.5 Å². The summed E-state index contributed by atoms with van der Waals surface area (Å²) >= 11 is 0. The van der Waals surface area contributed by atoms with Gasteiger partial charge in [-0.15, -0.1) is 13.2 Å². The molecule has 200 valence electrons. The number of ether oxygens (including phenoxy) is 2. The predicted molar refractivity (Wildman–Crippen MR) is 149 cm³/mol. The first-order chi connectivity index (χ1) is 17.9. The Labute approximate surface area is 221 Å². The molecule has 0 aliphatic heterocycles. The SMILES string of the molecule is C=CCCCC(=O)N[C@@H](Cc1ccccc1)[C@H](O)CN[C@H]1C[C@@H](OCC=C)c2ccc(OC(C)C)cc21. The topological polar surface area (TPSA) is 79.8 Å². The second kappa shape index (κ2) is 14.7. The molecule has 1 aliphatic carbocycles. The van der Waals surface area contributed by atoms with Crippen LogP contribution in [0.25, 0.3) is 0 Å². The molecule has 6 heteroatoms. The molecule has 0 unspecified atom stereocenters. The van der Waals surface area contributed by atoms with Gasteiger partial charge in [0.2, 0.25) is 5.91 Å². The molecule has 4 atom stereocenters. The smallest absolute Gasteiger partial charge is 0.220 e. The molecule has 3 rings (SSSR count). The number of aliphatic hydroxyl groups excluding tert-OH is 1. The van der Waals surface area contributed by atoms with Crippen molar-refractivity contribution in [2.24, 2.45) is 0 Å². The van der Waals surface area contributed by atoms with Crippen molar-refractivity contribution in [2.75, 3.05) is 13.2 Å². The molecule has 0 saturated carbocycles. The Morgan fingerprint density at radius 3 is 2.62 bits per heavy atom. The van der Waals surface area contributed by atoms with Gasteiger partial charge in [0.1, 0.15) is 5.75 Å². The number of unbranched alkanes of at least 4 members (excludes halogenated alkanes) is 1. The molecule has 0 radical (unpaired) electrons. The average molecular weight is 507 g/mol. The summed E-state index contributed by atoms with van der Waals surface area (Å²) in [4.78, 5) is 12.6. The monoisotopic (exact) mass is 506 g/mol. The molecule has 37 heavy (non-hydrogen) atoms. The minimum Gasteiger partial charge on any atom is -0.491 e. The zero-order chi connectivity index (χ0) is 26.6. The standard InChI is InChI=1S/C31H42N2O4/c1-5-7-9-14-31(35)33-28(18-23-12-10-8-11-13-23)29(34)21-32-27-20-30(36-17-6-2)25-16-15-24(19-26(25)27)37-22(3)4/h5-6,8,10-13,15-16,19,22,27-30,32,34H,1-2,7,9,14,17-18,20-21H2,3-4H3,(H,33,35)/t27-,28-,29+,30+/m0/s1. The Balaban J connectivity index is 1.70. The van der Waals surface area contributed by atoms with E-state index in [2.05, 4.69) is 35.9 Å². The molecule has 0 spiro atoms. The highest BCUT2D eigenvalue weighted by Gasteiger charge is 2.33. The van der Waals surface area contributed by atoms with Gasteiger partial charge >= 0.3 is 0 Å². The normalized spacial score (nSPS) is 18.2. The molecular weight excluding hydrogens is 464 g/mol. The second-order valence-electron chi connectivity index (χ2n) is 9.88. The minimum absolute atomic E-state index is 0.00385. The van der Waals surface area contributed by atoms with Gasteiger partial charge in [-0.25, -0.2) is 0 Å². The highest BCUT2D eigenvalue weighted by Crippen LogP contribution is 2.42. The van der Waals surface area contributed by atoms with Crippen molar-refractivity contribution in [3.8, 4) is 5.75 Å². The Morgan fingerprint density at radius 2 is 1.92 bits per heavy atom. The maximum absolute atomic E-state index is 12.6. The van der Waals surface area contributed by atoms with Crippen LogP contribution in [0.2, 0.25) is 0 Å². The predicted octanol–water partition coefficient (Wildman–Crippen LogP) is 5.20. The maximum Gasteiger partial charge on any atom is 0.220 e. The quantitative estimate of drug-likeness (QED) is 0.216. The number of rotatable bonds is 16. The first-order valence-electron chi connectivity index (χ1n) is 13.3. The Bertz CT molecular complexity index is 1010. The Kier molecular flexibility index (Phi) is 11.4. The van der Waals surface area contributed by atoms with Crippen LogP contribution in [-0.2, 0) is 16.0 Å². The van der Waals surface area contributed by atoms with Crippen molar-refractivity contribution < 1.29 is 19.4 Å². The van der Waals surface area contributed by atoms with E-state index in [-0.39, 0.29) is 24.2 Å². The number of nitrogens with one attached hydrogen (secondary N) is 2. The van der Waals surface area contributed by atoms with Crippen molar-refractivity contribution in [1.29, 1.82) is 0 Å². The third-order valence-corrected chi connectivity index (χ3v) is 6.51. The zero-order valence-electron chi connectivity index (χ0n) is 22.2. The highest BCUT2D eigenvalue weighted by molar-refractivity contribution is 5.76. The molecule has 2 aromatic rings. The van der Waals surface area contributed by atoms with E-state index in [0.29, 0.717) is 26.0 Å². The van der Waals surface area contributed by atoms with Gasteiger partial charge in [-0.1, -0.05) is 48.6 Å². The van der Waals surface area contributed by atoms with Crippen LogP contribution in [0.3, 0.4) is 0 Å². The zero-order valence-corrected chi connectivity index (χ0v) is 22.2. The Morgan fingerprint density at radius 1 is 1.14 bits per heavy atom. The highest BCUT2D eigenvalue weighted by atomic mass is 16.5. The summed E-state index contributed by atoms with van der Waals surface area (Å²) in [5.74, 6) is 0.764.